The zero-order chi connectivity index (χ0) is 14.7. The molecule has 0 spiro atoms. The molecule has 4 heteroatoms. The molecule has 0 unspecified atom stereocenters. The summed E-state index contributed by atoms with van der Waals surface area (Å²) in [6.07, 6.45) is 0. The predicted octanol–water partition coefficient (Wildman–Crippen LogP) is 4.57. The molecule has 2 nitrogen and oxygen atoms in total. The standard InChI is InChI=1S/C16H18BrFN2/c1-11-8-14(17)15(18)9-16(11)19-10-12-4-6-13(7-5-12)20(2)3/h4-9,19H,10H2,1-3H3. The average Bonchev–Trinajstić information content (AvgIpc) is 2.42. The SMILES string of the molecule is Cc1cc(Br)c(F)cc1NCc1ccc(N(C)C)cc1. The highest BCUT2D eigenvalue weighted by Gasteiger charge is 2.05. The summed E-state index contributed by atoms with van der Waals surface area (Å²) in [6, 6.07) is 11.6. The molecule has 2 aromatic rings. The second kappa shape index (κ2) is 6.27. The summed E-state index contributed by atoms with van der Waals surface area (Å²) in [4.78, 5) is 2.06. The molecule has 0 aliphatic rings. The second-order valence-corrected chi connectivity index (χ2v) is 5.85. The number of aryl methyl sites for hydroxylation is 1. The number of hydrogen-bond acceptors (Lipinski definition) is 2. The third-order valence-corrected chi connectivity index (χ3v) is 3.81. The summed E-state index contributed by atoms with van der Waals surface area (Å²) < 4.78 is 14.0. The number of nitrogens with one attached hydrogen (secondary N) is 1. The first kappa shape index (κ1) is 14.9. The Morgan fingerprint density at radius 2 is 1.80 bits per heavy atom. The van der Waals surface area contributed by atoms with Crippen molar-refractivity contribution in [3.63, 3.8) is 0 Å². The van der Waals surface area contributed by atoms with Gasteiger partial charge in [-0.2, -0.15) is 0 Å². The van der Waals surface area contributed by atoms with Crippen LogP contribution in [0.15, 0.2) is 40.9 Å². The molecule has 1 N–H and O–H groups in total. The number of halogens is 2. The summed E-state index contributed by atoms with van der Waals surface area (Å²) in [5, 5.41) is 3.27. The molecule has 0 saturated carbocycles. The van der Waals surface area contributed by atoms with Gasteiger partial charge in [0.1, 0.15) is 5.82 Å². The van der Waals surface area contributed by atoms with Crippen LogP contribution in [0.5, 0.6) is 0 Å². The largest absolute Gasteiger partial charge is 0.381 e. The molecule has 0 bridgehead atoms. The van der Waals surface area contributed by atoms with E-state index in [0.29, 0.717) is 11.0 Å². The minimum Gasteiger partial charge on any atom is -0.381 e. The maximum Gasteiger partial charge on any atom is 0.139 e. The fourth-order valence-corrected chi connectivity index (χ4v) is 2.40. The first-order valence-corrected chi connectivity index (χ1v) is 7.22. The van der Waals surface area contributed by atoms with Crippen LogP contribution < -0.4 is 10.2 Å². The van der Waals surface area contributed by atoms with Crippen molar-refractivity contribution >= 4 is 27.3 Å². The first-order valence-electron chi connectivity index (χ1n) is 6.43. The molecule has 0 saturated heterocycles. The lowest BCUT2D eigenvalue weighted by Crippen LogP contribution is -2.08. The van der Waals surface area contributed by atoms with E-state index in [2.05, 4.69) is 50.4 Å². The molecule has 0 heterocycles. The van der Waals surface area contributed by atoms with Crippen LogP contribution in [-0.2, 0) is 6.54 Å². The fourth-order valence-electron chi connectivity index (χ4n) is 1.95. The van der Waals surface area contributed by atoms with Gasteiger partial charge in [0.15, 0.2) is 0 Å². The average molecular weight is 337 g/mol. The van der Waals surface area contributed by atoms with Crippen molar-refractivity contribution in [2.75, 3.05) is 24.3 Å². The highest BCUT2D eigenvalue weighted by Crippen LogP contribution is 2.24. The molecule has 0 radical (unpaired) electrons. The van der Waals surface area contributed by atoms with Crippen molar-refractivity contribution in [2.45, 2.75) is 13.5 Å². The Bertz CT molecular complexity index is 594. The van der Waals surface area contributed by atoms with Crippen LogP contribution in [0, 0.1) is 12.7 Å². The van der Waals surface area contributed by atoms with E-state index in [1.165, 1.54) is 17.3 Å². The molecule has 106 valence electrons. The number of benzene rings is 2. The van der Waals surface area contributed by atoms with Gasteiger partial charge >= 0.3 is 0 Å². The van der Waals surface area contributed by atoms with Crippen LogP contribution in [0.4, 0.5) is 15.8 Å². The van der Waals surface area contributed by atoms with Gasteiger partial charge in [0, 0.05) is 32.0 Å². The van der Waals surface area contributed by atoms with Gasteiger partial charge in [0.25, 0.3) is 0 Å². The van der Waals surface area contributed by atoms with Crippen LogP contribution in [0.1, 0.15) is 11.1 Å². The summed E-state index contributed by atoms with van der Waals surface area (Å²) in [6.45, 7) is 2.64. The molecule has 0 fully saturated rings. The number of anilines is 2. The van der Waals surface area contributed by atoms with E-state index in [-0.39, 0.29) is 5.82 Å². The molecular weight excluding hydrogens is 319 g/mol. The summed E-state index contributed by atoms with van der Waals surface area (Å²) in [7, 11) is 4.03. The quantitative estimate of drug-likeness (QED) is 0.879. The van der Waals surface area contributed by atoms with E-state index < -0.39 is 0 Å². The first-order chi connectivity index (χ1) is 9.47. The zero-order valence-corrected chi connectivity index (χ0v) is 13.5. The van der Waals surface area contributed by atoms with Gasteiger partial charge in [-0.25, -0.2) is 4.39 Å². The highest BCUT2D eigenvalue weighted by molar-refractivity contribution is 9.10. The molecule has 0 amide bonds. The van der Waals surface area contributed by atoms with Gasteiger partial charge in [-0.05, 0) is 58.2 Å². The Hall–Kier alpha value is -1.55. The van der Waals surface area contributed by atoms with Gasteiger partial charge in [-0.1, -0.05) is 12.1 Å². The predicted molar refractivity (Wildman–Crippen MR) is 86.9 cm³/mol. The van der Waals surface area contributed by atoms with Crippen LogP contribution in [-0.4, -0.2) is 14.1 Å². The van der Waals surface area contributed by atoms with Gasteiger partial charge in [0.2, 0.25) is 0 Å². The third-order valence-electron chi connectivity index (χ3n) is 3.20. The van der Waals surface area contributed by atoms with Gasteiger partial charge in [-0.3, -0.25) is 0 Å². The van der Waals surface area contributed by atoms with E-state index in [1.54, 1.807) is 6.07 Å². The lowest BCUT2D eigenvalue weighted by atomic mass is 10.1. The summed E-state index contributed by atoms with van der Waals surface area (Å²) >= 11 is 3.19. The summed E-state index contributed by atoms with van der Waals surface area (Å²) in [5.74, 6) is -0.249. The van der Waals surface area contributed by atoms with Crippen molar-refractivity contribution in [3.8, 4) is 0 Å². The smallest absolute Gasteiger partial charge is 0.139 e. The molecule has 2 rings (SSSR count). The van der Waals surface area contributed by atoms with Gasteiger partial charge in [-0.15, -0.1) is 0 Å². The zero-order valence-electron chi connectivity index (χ0n) is 11.9. The van der Waals surface area contributed by atoms with Crippen LogP contribution in [0.3, 0.4) is 0 Å². The fraction of sp³-hybridized carbons (Fsp3) is 0.250. The normalized spacial score (nSPS) is 10.4. The highest BCUT2D eigenvalue weighted by atomic mass is 79.9. The molecule has 0 aromatic heterocycles. The lowest BCUT2D eigenvalue weighted by molar-refractivity contribution is 0.621. The van der Waals surface area contributed by atoms with Crippen LogP contribution >= 0.6 is 15.9 Å². The number of rotatable bonds is 4. The Kier molecular flexibility index (Phi) is 4.65. The van der Waals surface area contributed by atoms with E-state index in [0.717, 1.165) is 11.3 Å². The second-order valence-electron chi connectivity index (χ2n) is 5.00. The summed E-state index contributed by atoms with van der Waals surface area (Å²) in [5.41, 5.74) is 4.17. The van der Waals surface area contributed by atoms with Crippen LogP contribution in [0.25, 0.3) is 0 Å². The minimum absolute atomic E-state index is 0.249. The van der Waals surface area contributed by atoms with E-state index in [4.69, 9.17) is 0 Å². The molecule has 2 aromatic carbocycles. The van der Waals surface area contributed by atoms with E-state index >= 15 is 0 Å². The number of nitrogens with zero attached hydrogens (tertiary/aromatic N) is 1. The topological polar surface area (TPSA) is 15.3 Å². The van der Waals surface area contributed by atoms with Crippen molar-refractivity contribution in [1.82, 2.24) is 0 Å². The Morgan fingerprint density at radius 1 is 1.15 bits per heavy atom. The van der Waals surface area contributed by atoms with Crippen molar-refractivity contribution in [2.24, 2.45) is 0 Å². The Morgan fingerprint density at radius 3 is 2.40 bits per heavy atom. The Balaban J connectivity index is 2.07. The van der Waals surface area contributed by atoms with E-state index in [1.807, 2.05) is 21.0 Å². The molecule has 0 aliphatic heterocycles. The third kappa shape index (κ3) is 3.51. The molecule has 0 atom stereocenters. The van der Waals surface area contributed by atoms with Crippen molar-refractivity contribution in [1.29, 1.82) is 0 Å². The van der Waals surface area contributed by atoms with Crippen LogP contribution in [0.2, 0.25) is 0 Å². The number of hydrogen-bond donors (Lipinski definition) is 1. The lowest BCUT2D eigenvalue weighted by Gasteiger charge is -2.14. The van der Waals surface area contributed by atoms with Crippen molar-refractivity contribution < 1.29 is 4.39 Å². The Labute approximate surface area is 127 Å². The molecule has 20 heavy (non-hydrogen) atoms. The van der Waals surface area contributed by atoms with E-state index in [9.17, 15) is 4.39 Å². The minimum atomic E-state index is -0.249. The monoisotopic (exact) mass is 336 g/mol. The van der Waals surface area contributed by atoms with Gasteiger partial charge in [0.05, 0.1) is 4.47 Å². The maximum absolute atomic E-state index is 13.5. The van der Waals surface area contributed by atoms with Crippen molar-refractivity contribution in [3.05, 3.63) is 57.8 Å². The molecular formula is C16H18BrFN2. The molecule has 0 aliphatic carbocycles. The van der Waals surface area contributed by atoms with Gasteiger partial charge < -0.3 is 10.2 Å². The maximum atomic E-state index is 13.5.